The first kappa shape index (κ1) is 21.2. The van der Waals surface area contributed by atoms with Crippen molar-refractivity contribution in [3.8, 4) is 0 Å². The number of methoxy groups -OCH3 is 1. The number of nitrogens with one attached hydrogen (secondary N) is 1. The van der Waals surface area contributed by atoms with Crippen molar-refractivity contribution < 1.29 is 31.9 Å². The smallest absolute Gasteiger partial charge is 0.340 e. The highest BCUT2D eigenvalue weighted by atomic mass is 35.5. The number of aryl methyl sites for hydroxylation is 1. The predicted molar refractivity (Wildman–Crippen MR) is 90.9 cm³/mol. The standard InChI is InChI=1S/C15H14ClF4N3O3S/c1-5-4-7(15(25)26-3)14(27-5)21-13(24)6(2)23-10(12(19)20)8(16)9(22-23)11(17)18/h4,6,11-12H,1-3H3,(H,21,24). The number of alkyl halides is 4. The molecule has 0 aliphatic heterocycles. The minimum Gasteiger partial charge on any atom is -0.465 e. The van der Waals surface area contributed by atoms with Gasteiger partial charge in [-0.25, -0.2) is 27.0 Å². The molecule has 0 saturated heterocycles. The van der Waals surface area contributed by atoms with Gasteiger partial charge in [-0.3, -0.25) is 4.79 Å². The highest BCUT2D eigenvalue weighted by molar-refractivity contribution is 7.16. The van der Waals surface area contributed by atoms with Crippen LogP contribution in [0.4, 0.5) is 22.6 Å². The molecule has 0 saturated carbocycles. The van der Waals surface area contributed by atoms with Crippen LogP contribution < -0.4 is 5.32 Å². The molecule has 12 heteroatoms. The van der Waals surface area contributed by atoms with Gasteiger partial charge < -0.3 is 10.1 Å². The molecule has 2 aromatic rings. The van der Waals surface area contributed by atoms with Gasteiger partial charge in [-0.1, -0.05) is 11.6 Å². The van der Waals surface area contributed by atoms with Gasteiger partial charge in [0.25, 0.3) is 12.9 Å². The minimum atomic E-state index is -3.22. The molecule has 0 fully saturated rings. The Morgan fingerprint density at radius 1 is 1.30 bits per heavy atom. The van der Waals surface area contributed by atoms with Gasteiger partial charge in [-0.2, -0.15) is 5.10 Å². The quantitative estimate of drug-likeness (QED) is 0.532. The maximum atomic E-state index is 13.3. The van der Waals surface area contributed by atoms with Crippen molar-refractivity contribution in [2.24, 2.45) is 0 Å². The maximum absolute atomic E-state index is 13.3. The van der Waals surface area contributed by atoms with Crippen LogP contribution in [-0.4, -0.2) is 28.8 Å². The van der Waals surface area contributed by atoms with Crippen LogP contribution in [-0.2, 0) is 9.53 Å². The number of hydrogen-bond acceptors (Lipinski definition) is 5. The summed E-state index contributed by atoms with van der Waals surface area (Å²) in [5, 5.41) is 5.04. The Balaban J connectivity index is 2.36. The highest BCUT2D eigenvalue weighted by Crippen LogP contribution is 2.36. The number of amides is 1. The van der Waals surface area contributed by atoms with Crippen LogP contribution in [0, 0.1) is 6.92 Å². The first-order chi connectivity index (χ1) is 12.6. The monoisotopic (exact) mass is 427 g/mol. The summed E-state index contributed by atoms with van der Waals surface area (Å²) in [4.78, 5) is 24.9. The van der Waals surface area contributed by atoms with E-state index in [-0.39, 0.29) is 10.6 Å². The summed E-state index contributed by atoms with van der Waals surface area (Å²) in [5.41, 5.74) is -1.93. The molecule has 0 aromatic carbocycles. The Hall–Kier alpha value is -2.14. The molecular formula is C15H14ClF4N3O3S. The van der Waals surface area contributed by atoms with E-state index in [1.54, 1.807) is 6.92 Å². The van der Waals surface area contributed by atoms with Crippen molar-refractivity contribution in [3.05, 3.63) is 32.9 Å². The van der Waals surface area contributed by atoms with Gasteiger partial charge in [0, 0.05) is 4.88 Å². The van der Waals surface area contributed by atoms with Gasteiger partial charge in [-0.05, 0) is 19.9 Å². The fourth-order valence-electron chi connectivity index (χ4n) is 2.27. The fourth-order valence-corrected chi connectivity index (χ4v) is 3.46. The summed E-state index contributed by atoms with van der Waals surface area (Å²) in [5.74, 6) is -1.54. The Kier molecular flexibility index (Phi) is 6.47. The van der Waals surface area contributed by atoms with Gasteiger partial charge in [-0.15, -0.1) is 11.3 Å². The van der Waals surface area contributed by atoms with Crippen LogP contribution in [0.1, 0.15) is 52.4 Å². The predicted octanol–water partition coefficient (Wildman–Crippen LogP) is 4.77. The van der Waals surface area contributed by atoms with Gasteiger partial charge in [0.1, 0.15) is 22.4 Å². The van der Waals surface area contributed by atoms with E-state index in [0.717, 1.165) is 18.4 Å². The largest absolute Gasteiger partial charge is 0.465 e. The second kappa shape index (κ2) is 8.26. The van der Waals surface area contributed by atoms with Gasteiger partial charge >= 0.3 is 5.97 Å². The van der Waals surface area contributed by atoms with Crippen LogP contribution in [0.3, 0.4) is 0 Å². The van der Waals surface area contributed by atoms with E-state index in [1.807, 2.05) is 0 Å². The number of carbonyl (C=O) groups excluding carboxylic acids is 2. The van der Waals surface area contributed by atoms with Crippen LogP contribution in [0.5, 0.6) is 0 Å². The fraction of sp³-hybridized carbons (Fsp3) is 0.400. The topological polar surface area (TPSA) is 73.2 Å². The first-order valence-corrected chi connectivity index (χ1v) is 8.61. The van der Waals surface area contributed by atoms with Crippen LogP contribution in [0.2, 0.25) is 5.02 Å². The summed E-state index contributed by atoms with van der Waals surface area (Å²) in [6.45, 7) is 2.88. The van der Waals surface area contributed by atoms with Gasteiger partial charge in [0.15, 0.2) is 0 Å². The summed E-state index contributed by atoms with van der Waals surface area (Å²) in [7, 11) is 1.16. The lowest BCUT2D eigenvalue weighted by molar-refractivity contribution is -0.119. The molecule has 6 nitrogen and oxygen atoms in total. The number of hydrogen-bond donors (Lipinski definition) is 1. The SMILES string of the molecule is COC(=O)c1cc(C)sc1NC(=O)C(C)n1nc(C(F)F)c(Cl)c1C(F)F. The number of carbonyl (C=O) groups is 2. The number of rotatable bonds is 6. The highest BCUT2D eigenvalue weighted by Gasteiger charge is 2.32. The number of thiophene rings is 1. The first-order valence-electron chi connectivity index (χ1n) is 7.42. The molecule has 2 heterocycles. The lowest BCUT2D eigenvalue weighted by Crippen LogP contribution is -2.26. The zero-order chi connectivity index (χ0) is 20.5. The molecule has 0 aliphatic carbocycles. The summed E-state index contributed by atoms with van der Waals surface area (Å²) >= 11 is 6.65. The third-order valence-corrected chi connectivity index (χ3v) is 4.92. The lowest BCUT2D eigenvalue weighted by Gasteiger charge is -2.15. The number of halogens is 5. The van der Waals surface area contributed by atoms with Crippen molar-refractivity contribution in [2.45, 2.75) is 32.7 Å². The Morgan fingerprint density at radius 2 is 1.93 bits per heavy atom. The zero-order valence-corrected chi connectivity index (χ0v) is 15.8. The molecule has 0 radical (unpaired) electrons. The number of esters is 1. The van der Waals surface area contributed by atoms with Crippen molar-refractivity contribution in [2.75, 3.05) is 12.4 Å². The van der Waals surface area contributed by atoms with E-state index >= 15 is 0 Å². The maximum Gasteiger partial charge on any atom is 0.340 e. The van der Waals surface area contributed by atoms with Crippen molar-refractivity contribution in [3.63, 3.8) is 0 Å². The molecule has 1 amide bonds. The molecule has 27 heavy (non-hydrogen) atoms. The average molecular weight is 428 g/mol. The minimum absolute atomic E-state index is 0.0846. The van der Waals surface area contributed by atoms with E-state index in [0.29, 0.717) is 9.56 Å². The zero-order valence-electron chi connectivity index (χ0n) is 14.2. The van der Waals surface area contributed by atoms with Gasteiger partial charge in [0.2, 0.25) is 5.91 Å². The molecule has 1 N–H and O–H groups in total. The molecule has 1 atom stereocenters. The second-order valence-corrected chi connectivity index (χ2v) is 7.02. The van der Waals surface area contributed by atoms with E-state index < -0.39 is 47.2 Å². The van der Waals surface area contributed by atoms with Gasteiger partial charge in [0.05, 0.1) is 17.7 Å². The third-order valence-electron chi connectivity index (χ3n) is 3.57. The Morgan fingerprint density at radius 3 is 2.44 bits per heavy atom. The van der Waals surface area contributed by atoms with E-state index in [4.69, 9.17) is 11.6 Å². The second-order valence-electron chi connectivity index (χ2n) is 5.39. The molecule has 2 aromatic heterocycles. The number of anilines is 1. The molecule has 2 rings (SSSR count). The average Bonchev–Trinajstić information content (AvgIpc) is 3.13. The molecule has 0 bridgehead atoms. The summed E-state index contributed by atoms with van der Waals surface area (Å²) < 4.78 is 57.4. The van der Waals surface area contributed by atoms with Crippen LogP contribution >= 0.6 is 22.9 Å². The molecule has 148 valence electrons. The Bertz CT molecular complexity index is 869. The molecule has 0 spiro atoms. The van der Waals surface area contributed by atoms with Crippen LogP contribution in [0.15, 0.2) is 6.07 Å². The van der Waals surface area contributed by atoms with Crippen molar-refractivity contribution in [1.29, 1.82) is 0 Å². The molecular weight excluding hydrogens is 414 g/mol. The summed E-state index contributed by atoms with van der Waals surface area (Å²) in [6.07, 6.45) is -6.40. The van der Waals surface area contributed by atoms with Crippen molar-refractivity contribution >= 4 is 39.8 Å². The van der Waals surface area contributed by atoms with Crippen LogP contribution in [0.25, 0.3) is 0 Å². The van der Waals surface area contributed by atoms with E-state index in [2.05, 4.69) is 15.2 Å². The lowest BCUT2D eigenvalue weighted by atomic mass is 10.2. The summed E-state index contributed by atoms with van der Waals surface area (Å²) in [6, 6.07) is 0.0908. The van der Waals surface area contributed by atoms with E-state index in [1.165, 1.54) is 13.0 Å². The number of aromatic nitrogens is 2. The third kappa shape index (κ3) is 4.24. The number of ether oxygens (including phenoxy) is 1. The normalized spacial score (nSPS) is 12.5. The number of nitrogens with zero attached hydrogens (tertiary/aromatic N) is 2. The molecule has 1 unspecified atom stereocenters. The van der Waals surface area contributed by atoms with Crippen molar-refractivity contribution in [1.82, 2.24) is 9.78 Å². The molecule has 0 aliphatic rings. The Labute approximate surface area is 160 Å². The van der Waals surface area contributed by atoms with E-state index in [9.17, 15) is 27.2 Å².